The second kappa shape index (κ2) is 7.48. The van der Waals surface area contributed by atoms with Crippen LogP contribution in [0.2, 0.25) is 0 Å². The first kappa shape index (κ1) is 17.7. The number of rotatable bonds is 4. The van der Waals surface area contributed by atoms with Gasteiger partial charge in [0.1, 0.15) is 17.0 Å². The number of nitrogens with one attached hydrogen (secondary N) is 1. The van der Waals surface area contributed by atoms with Crippen LogP contribution in [-0.2, 0) is 17.6 Å². The van der Waals surface area contributed by atoms with Crippen LogP contribution in [0.1, 0.15) is 30.7 Å². The Morgan fingerprint density at radius 1 is 1.31 bits per heavy atom. The van der Waals surface area contributed by atoms with Crippen LogP contribution < -0.4 is 5.32 Å². The molecule has 1 amide bonds. The summed E-state index contributed by atoms with van der Waals surface area (Å²) in [4.78, 5) is 27.4. The fraction of sp³-hybridized carbons (Fsp3) is 0.632. The number of piperazine rings is 1. The molecular formula is C19H27N5OS. The highest BCUT2D eigenvalue weighted by atomic mass is 32.1. The predicted octanol–water partition coefficient (Wildman–Crippen LogP) is 2.39. The summed E-state index contributed by atoms with van der Waals surface area (Å²) in [7, 11) is 0. The third-order valence-corrected chi connectivity index (χ3v) is 6.79. The Kier molecular flexibility index (Phi) is 5.09. The molecule has 26 heavy (non-hydrogen) atoms. The number of aryl methyl sites for hydroxylation is 1. The topological polar surface area (TPSA) is 61.4 Å². The van der Waals surface area contributed by atoms with Gasteiger partial charge in [-0.15, -0.1) is 11.3 Å². The van der Waals surface area contributed by atoms with Gasteiger partial charge in [-0.25, -0.2) is 9.97 Å². The molecular weight excluding hydrogens is 346 g/mol. The Morgan fingerprint density at radius 2 is 2.12 bits per heavy atom. The predicted molar refractivity (Wildman–Crippen MR) is 106 cm³/mol. The molecule has 0 saturated carbocycles. The van der Waals surface area contributed by atoms with Gasteiger partial charge in [0.15, 0.2) is 0 Å². The number of fused-ring (bicyclic) bond motifs is 3. The van der Waals surface area contributed by atoms with Crippen LogP contribution in [0, 0.1) is 5.92 Å². The number of hydrogen-bond acceptors (Lipinski definition) is 6. The minimum absolute atomic E-state index is 0.183. The molecule has 2 aromatic rings. The summed E-state index contributed by atoms with van der Waals surface area (Å²) in [6.45, 7) is 9.41. The Labute approximate surface area is 158 Å². The second-order valence-electron chi connectivity index (χ2n) is 7.53. The van der Waals surface area contributed by atoms with Gasteiger partial charge in [-0.2, -0.15) is 0 Å². The van der Waals surface area contributed by atoms with Crippen molar-refractivity contribution in [1.82, 2.24) is 19.8 Å². The number of amides is 1. The summed E-state index contributed by atoms with van der Waals surface area (Å²) in [6, 6.07) is 0. The quantitative estimate of drug-likeness (QED) is 0.892. The third kappa shape index (κ3) is 3.55. The molecule has 0 aromatic carbocycles. The fourth-order valence-electron chi connectivity index (χ4n) is 4.03. The molecule has 0 radical (unpaired) electrons. The van der Waals surface area contributed by atoms with E-state index in [0.29, 0.717) is 0 Å². The molecule has 1 aliphatic carbocycles. The van der Waals surface area contributed by atoms with Gasteiger partial charge < -0.3 is 10.2 Å². The summed E-state index contributed by atoms with van der Waals surface area (Å²) in [5.41, 5.74) is 1.47. The molecule has 3 heterocycles. The monoisotopic (exact) mass is 373 g/mol. The highest BCUT2D eigenvalue weighted by molar-refractivity contribution is 7.19. The lowest BCUT2D eigenvalue weighted by molar-refractivity contribution is -0.130. The first-order valence-corrected chi connectivity index (χ1v) is 10.4. The lowest BCUT2D eigenvalue weighted by Crippen LogP contribution is -2.49. The minimum Gasteiger partial charge on any atom is -0.368 e. The van der Waals surface area contributed by atoms with Gasteiger partial charge >= 0.3 is 0 Å². The van der Waals surface area contributed by atoms with Gasteiger partial charge in [0.25, 0.3) is 0 Å². The van der Waals surface area contributed by atoms with Crippen LogP contribution in [-0.4, -0.2) is 64.9 Å². The van der Waals surface area contributed by atoms with E-state index in [-0.39, 0.29) is 5.91 Å². The summed E-state index contributed by atoms with van der Waals surface area (Å²) >= 11 is 1.84. The first-order valence-electron chi connectivity index (χ1n) is 9.59. The molecule has 4 rings (SSSR count). The SMILES string of the molecule is CC(=O)N1CCN(CCNc2ncnc3sc4c(c23)CC[C@@H](C)C4)CC1. The van der Waals surface area contributed by atoms with Crippen molar-refractivity contribution in [2.75, 3.05) is 44.6 Å². The summed E-state index contributed by atoms with van der Waals surface area (Å²) in [5.74, 6) is 1.95. The Hall–Kier alpha value is -1.73. The summed E-state index contributed by atoms with van der Waals surface area (Å²) < 4.78 is 0. The van der Waals surface area contributed by atoms with Crippen molar-refractivity contribution in [3.63, 3.8) is 0 Å². The van der Waals surface area contributed by atoms with Gasteiger partial charge in [0.2, 0.25) is 5.91 Å². The Morgan fingerprint density at radius 3 is 2.88 bits per heavy atom. The number of hydrogen-bond donors (Lipinski definition) is 1. The van der Waals surface area contributed by atoms with Crippen LogP contribution >= 0.6 is 11.3 Å². The number of carbonyl (C=O) groups is 1. The van der Waals surface area contributed by atoms with E-state index in [1.807, 2.05) is 16.2 Å². The smallest absolute Gasteiger partial charge is 0.219 e. The van der Waals surface area contributed by atoms with Gasteiger partial charge in [-0.1, -0.05) is 6.92 Å². The van der Waals surface area contributed by atoms with E-state index in [9.17, 15) is 4.79 Å². The van der Waals surface area contributed by atoms with Gasteiger partial charge in [-0.05, 0) is 30.7 Å². The van der Waals surface area contributed by atoms with Crippen LogP contribution in [0.3, 0.4) is 0 Å². The Bertz CT molecular complexity index is 797. The zero-order valence-electron chi connectivity index (χ0n) is 15.6. The molecule has 1 saturated heterocycles. The van der Waals surface area contributed by atoms with E-state index < -0.39 is 0 Å². The maximum absolute atomic E-state index is 11.4. The zero-order chi connectivity index (χ0) is 18.1. The van der Waals surface area contributed by atoms with Gasteiger partial charge in [-0.3, -0.25) is 9.69 Å². The molecule has 0 unspecified atom stereocenters. The number of carbonyl (C=O) groups excluding carboxylic acids is 1. The molecule has 7 heteroatoms. The van der Waals surface area contributed by atoms with Crippen LogP contribution in [0.15, 0.2) is 6.33 Å². The molecule has 2 aromatic heterocycles. The standard InChI is InChI=1S/C19H27N5OS/c1-13-3-4-15-16(11-13)26-19-17(15)18(21-12-22-19)20-5-6-23-7-9-24(10-8-23)14(2)25/h12-13H,3-11H2,1-2H3,(H,20,21,22)/t13-/m1/s1. The van der Waals surface area contributed by atoms with Crippen LogP contribution in [0.5, 0.6) is 0 Å². The van der Waals surface area contributed by atoms with Crippen LogP contribution in [0.4, 0.5) is 5.82 Å². The molecule has 1 aliphatic heterocycles. The maximum atomic E-state index is 11.4. The van der Waals surface area contributed by atoms with Crippen molar-refractivity contribution >= 4 is 33.3 Å². The van der Waals surface area contributed by atoms with Gasteiger partial charge in [0, 0.05) is 51.1 Å². The van der Waals surface area contributed by atoms with E-state index in [4.69, 9.17) is 0 Å². The minimum atomic E-state index is 0.183. The highest BCUT2D eigenvalue weighted by Crippen LogP contribution is 2.39. The summed E-state index contributed by atoms with van der Waals surface area (Å²) in [6.07, 6.45) is 5.26. The molecule has 0 spiro atoms. The largest absolute Gasteiger partial charge is 0.368 e. The molecule has 1 atom stereocenters. The molecule has 1 N–H and O–H groups in total. The summed E-state index contributed by atoms with van der Waals surface area (Å²) in [5, 5.41) is 4.80. The lowest BCUT2D eigenvalue weighted by atomic mass is 9.89. The number of nitrogens with zero attached hydrogens (tertiary/aromatic N) is 4. The normalized spacial score (nSPS) is 21.0. The van der Waals surface area contributed by atoms with Crippen molar-refractivity contribution < 1.29 is 4.79 Å². The van der Waals surface area contributed by atoms with E-state index in [1.165, 1.54) is 28.7 Å². The molecule has 1 fully saturated rings. The van der Waals surface area contributed by atoms with Crippen molar-refractivity contribution in [2.45, 2.75) is 33.1 Å². The molecule has 0 bridgehead atoms. The molecule has 2 aliphatic rings. The molecule has 6 nitrogen and oxygen atoms in total. The van der Waals surface area contributed by atoms with E-state index in [2.05, 4.69) is 27.1 Å². The number of thiophene rings is 1. The van der Waals surface area contributed by atoms with Gasteiger partial charge in [0.05, 0.1) is 5.39 Å². The second-order valence-corrected chi connectivity index (χ2v) is 8.61. The Balaban J connectivity index is 1.40. The number of anilines is 1. The first-order chi connectivity index (χ1) is 12.6. The third-order valence-electron chi connectivity index (χ3n) is 5.63. The maximum Gasteiger partial charge on any atom is 0.219 e. The fourth-order valence-corrected chi connectivity index (χ4v) is 5.38. The van der Waals surface area contributed by atoms with Crippen molar-refractivity contribution in [3.05, 3.63) is 16.8 Å². The lowest BCUT2D eigenvalue weighted by Gasteiger charge is -2.34. The average Bonchev–Trinajstić information content (AvgIpc) is 3.00. The van der Waals surface area contributed by atoms with Crippen molar-refractivity contribution in [3.8, 4) is 0 Å². The average molecular weight is 374 g/mol. The van der Waals surface area contributed by atoms with E-state index >= 15 is 0 Å². The van der Waals surface area contributed by atoms with E-state index in [0.717, 1.165) is 62.3 Å². The highest BCUT2D eigenvalue weighted by Gasteiger charge is 2.23. The molecule has 140 valence electrons. The zero-order valence-corrected chi connectivity index (χ0v) is 16.4. The van der Waals surface area contributed by atoms with Crippen molar-refractivity contribution in [2.24, 2.45) is 5.92 Å². The van der Waals surface area contributed by atoms with Crippen molar-refractivity contribution in [1.29, 1.82) is 0 Å². The number of aromatic nitrogens is 2. The van der Waals surface area contributed by atoms with Crippen LogP contribution in [0.25, 0.3) is 10.2 Å². The van der Waals surface area contributed by atoms with E-state index in [1.54, 1.807) is 13.3 Å².